The molecule has 0 saturated heterocycles. The molecular formula is C21H21FN4O2. The van der Waals surface area contributed by atoms with Crippen molar-refractivity contribution in [3.63, 3.8) is 0 Å². The summed E-state index contributed by atoms with van der Waals surface area (Å²) in [6.45, 7) is 0.279. The minimum absolute atomic E-state index is 0.112. The molecule has 0 atom stereocenters. The molecule has 144 valence electrons. The summed E-state index contributed by atoms with van der Waals surface area (Å²) >= 11 is 0. The van der Waals surface area contributed by atoms with Gasteiger partial charge in [-0.15, -0.1) is 0 Å². The maximum atomic E-state index is 13.4. The number of carbonyl (C=O) groups excluding carboxylic acids is 1. The van der Waals surface area contributed by atoms with Gasteiger partial charge in [0.1, 0.15) is 5.82 Å². The molecule has 1 heterocycles. The van der Waals surface area contributed by atoms with Gasteiger partial charge >= 0.3 is 0 Å². The van der Waals surface area contributed by atoms with E-state index in [1.165, 1.54) is 18.9 Å². The summed E-state index contributed by atoms with van der Waals surface area (Å²) in [7, 11) is 0. The first-order valence-electron chi connectivity index (χ1n) is 9.39. The lowest BCUT2D eigenvalue weighted by atomic mass is 10.2. The highest BCUT2D eigenvalue weighted by Crippen LogP contribution is 2.38. The zero-order valence-electron chi connectivity index (χ0n) is 15.3. The Morgan fingerprint density at radius 1 is 1.18 bits per heavy atom. The van der Waals surface area contributed by atoms with Crippen LogP contribution in [-0.4, -0.2) is 27.7 Å². The van der Waals surface area contributed by atoms with Crippen LogP contribution in [-0.2, 0) is 4.79 Å². The number of amides is 1. The SMILES string of the molecule is O=C(CCCOc1ccccc1F)Nc1ccc(-c2n[nH]c(C3CC3)n2)cc1. The first-order chi connectivity index (χ1) is 13.7. The molecule has 1 aliphatic rings. The van der Waals surface area contributed by atoms with Gasteiger partial charge in [0.05, 0.1) is 6.61 Å². The summed E-state index contributed by atoms with van der Waals surface area (Å²) in [5, 5.41) is 10.1. The second-order valence-corrected chi connectivity index (χ2v) is 6.83. The van der Waals surface area contributed by atoms with Gasteiger partial charge < -0.3 is 10.1 Å². The minimum atomic E-state index is -0.400. The fraction of sp³-hybridized carbons (Fsp3) is 0.286. The number of rotatable bonds is 8. The predicted molar refractivity (Wildman–Crippen MR) is 104 cm³/mol. The Hall–Kier alpha value is -3.22. The number of aromatic amines is 1. The Labute approximate surface area is 162 Å². The van der Waals surface area contributed by atoms with Crippen molar-refractivity contribution < 1.29 is 13.9 Å². The van der Waals surface area contributed by atoms with Crippen LogP contribution in [0.15, 0.2) is 48.5 Å². The number of anilines is 1. The molecule has 28 heavy (non-hydrogen) atoms. The Morgan fingerprint density at radius 3 is 2.71 bits per heavy atom. The number of nitrogens with one attached hydrogen (secondary N) is 2. The van der Waals surface area contributed by atoms with Gasteiger partial charge in [-0.3, -0.25) is 9.89 Å². The molecular weight excluding hydrogens is 359 g/mol. The van der Waals surface area contributed by atoms with E-state index in [1.807, 2.05) is 24.3 Å². The number of benzene rings is 2. The maximum Gasteiger partial charge on any atom is 0.224 e. The Morgan fingerprint density at radius 2 is 1.96 bits per heavy atom. The Balaban J connectivity index is 1.23. The first-order valence-corrected chi connectivity index (χ1v) is 9.39. The van der Waals surface area contributed by atoms with Crippen LogP contribution in [0.25, 0.3) is 11.4 Å². The molecule has 2 aromatic carbocycles. The maximum absolute atomic E-state index is 13.4. The van der Waals surface area contributed by atoms with E-state index in [2.05, 4.69) is 20.5 Å². The lowest BCUT2D eigenvalue weighted by Gasteiger charge is -2.08. The van der Waals surface area contributed by atoms with Crippen LogP contribution < -0.4 is 10.1 Å². The molecule has 0 bridgehead atoms. The molecule has 4 rings (SSSR count). The number of hydrogen-bond acceptors (Lipinski definition) is 4. The lowest BCUT2D eigenvalue weighted by molar-refractivity contribution is -0.116. The van der Waals surface area contributed by atoms with E-state index in [1.54, 1.807) is 18.2 Å². The number of H-pyrrole nitrogens is 1. The third-order valence-corrected chi connectivity index (χ3v) is 4.54. The van der Waals surface area contributed by atoms with E-state index in [-0.39, 0.29) is 18.3 Å². The zero-order valence-corrected chi connectivity index (χ0v) is 15.3. The second-order valence-electron chi connectivity index (χ2n) is 6.83. The molecule has 7 heteroatoms. The molecule has 1 saturated carbocycles. The fourth-order valence-electron chi connectivity index (χ4n) is 2.85. The summed E-state index contributed by atoms with van der Waals surface area (Å²) in [4.78, 5) is 16.6. The molecule has 1 fully saturated rings. The number of aromatic nitrogens is 3. The van der Waals surface area contributed by atoms with Gasteiger partial charge in [0.25, 0.3) is 0 Å². The number of nitrogens with zero attached hydrogens (tertiary/aromatic N) is 2. The van der Waals surface area contributed by atoms with Crippen molar-refractivity contribution in [1.29, 1.82) is 0 Å². The average molecular weight is 380 g/mol. The van der Waals surface area contributed by atoms with Gasteiger partial charge in [-0.2, -0.15) is 5.10 Å². The fourth-order valence-corrected chi connectivity index (χ4v) is 2.85. The van der Waals surface area contributed by atoms with Gasteiger partial charge in [0.15, 0.2) is 17.4 Å². The van der Waals surface area contributed by atoms with Crippen LogP contribution in [0.4, 0.5) is 10.1 Å². The Kier molecular flexibility index (Phi) is 5.32. The van der Waals surface area contributed by atoms with Crippen LogP contribution >= 0.6 is 0 Å². The molecule has 0 unspecified atom stereocenters. The zero-order chi connectivity index (χ0) is 19.3. The number of para-hydroxylation sites is 1. The van der Waals surface area contributed by atoms with E-state index in [0.29, 0.717) is 30.3 Å². The largest absolute Gasteiger partial charge is 0.491 e. The second kappa shape index (κ2) is 8.21. The van der Waals surface area contributed by atoms with Crippen LogP contribution in [0.5, 0.6) is 5.75 Å². The molecule has 1 aromatic heterocycles. The van der Waals surface area contributed by atoms with Crippen molar-refractivity contribution in [2.24, 2.45) is 0 Å². The van der Waals surface area contributed by atoms with Crippen molar-refractivity contribution in [2.45, 2.75) is 31.6 Å². The molecule has 2 N–H and O–H groups in total. The first kappa shape index (κ1) is 18.2. The van der Waals surface area contributed by atoms with Gasteiger partial charge in [0.2, 0.25) is 5.91 Å². The average Bonchev–Trinajstić information content (AvgIpc) is 3.44. The predicted octanol–water partition coefficient (Wildman–Crippen LogP) is 4.29. The monoisotopic (exact) mass is 380 g/mol. The van der Waals surface area contributed by atoms with E-state index < -0.39 is 5.82 Å². The van der Waals surface area contributed by atoms with Gasteiger partial charge in [0, 0.05) is 23.6 Å². The summed E-state index contributed by atoms with van der Waals surface area (Å²) < 4.78 is 18.8. The van der Waals surface area contributed by atoms with Gasteiger partial charge in [-0.25, -0.2) is 9.37 Å². The minimum Gasteiger partial charge on any atom is -0.491 e. The van der Waals surface area contributed by atoms with Crippen LogP contribution in [0.3, 0.4) is 0 Å². The molecule has 3 aromatic rings. The van der Waals surface area contributed by atoms with E-state index in [0.717, 1.165) is 11.4 Å². The molecule has 0 radical (unpaired) electrons. The smallest absolute Gasteiger partial charge is 0.224 e. The lowest BCUT2D eigenvalue weighted by Crippen LogP contribution is -2.12. The van der Waals surface area contributed by atoms with E-state index in [4.69, 9.17) is 4.74 Å². The number of carbonyl (C=O) groups is 1. The summed E-state index contributed by atoms with van der Waals surface area (Å²) in [6.07, 6.45) is 3.14. The topological polar surface area (TPSA) is 79.9 Å². The third-order valence-electron chi connectivity index (χ3n) is 4.54. The van der Waals surface area contributed by atoms with Crippen LogP contribution in [0.2, 0.25) is 0 Å². The third kappa shape index (κ3) is 4.54. The highest BCUT2D eigenvalue weighted by atomic mass is 19.1. The Bertz CT molecular complexity index is 951. The van der Waals surface area contributed by atoms with Crippen molar-refractivity contribution in [2.75, 3.05) is 11.9 Å². The normalized spacial score (nSPS) is 13.3. The van der Waals surface area contributed by atoms with Crippen molar-refractivity contribution in [1.82, 2.24) is 15.2 Å². The quantitative estimate of drug-likeness (QED) is 0.572. The summed E-state index contributed by atoms with van der Waals surface area (Å²) in [5.41, 5.74) is 1.61. The molecule has 6 nitrogen and oxygen atoms in total. The summed E-state index contributed by atoms with van der Waals surface area (Å²) in [6, 6.07) is 13.7. The van der Waals surface area contributed by atoms with Crippen molar-refractivity contribution >= 4 is 11.6 Å². The standard InChI is InChI=1S/C21H21FN4O2/c22-17-4-1-2-5-18(17)28-13-3-6-19(27)23-16-11-9-15(10-12-16)21-24-20(25-26-21)14-7-8-14/h1-2,4-5,9-12,14H,3,6-8,13H2,(H,23,27)(H,24,25,26). The number of hydrogen-bond donors (Lipinski definition) is 2. The molecule has 0 aliphatic heterocycles. The van der Waals surface area contributed by atoms with Crippen molar-refractivity contribution in [3.8, 4) is 17.1 Å². The number of ether oxygens (including phenoxy) is 1. The molecule has 1 amide bonds. The highest BCUT2D eigenvalue weighted by Gasteiger charge is 2.27. The molecule has 0 spiro atoms. The molecule has 1 aliphatic carbocycles. The van der Waals surface area contributed by atoms with Gasteiger partial charge in [-0.1, -0.05) is 12.1 Å². The van der Waals surface area contributed by atoms with E-state index >= 15 is 0 Å². The van der Waals surface area contributed by atoms with E-state index in [9.17, 15) is 9.18 Å². The highest BCUT2D eigenvalue weighted by molar-refractivity contribution is 5.90. The van der Waals surface area contributed by atoms with Crippen LogP contribution in [0.1, 0.15) is 37.4 Å². The van der Waals surface area contributed by atoms with Crippen LogP contribution in [0, 0.1) is 5.82 Å². The summed E-state index contributed by atoms with van der Waals surface area (Å²) in [5.74, 6) is 1.84. The number of halogens is 1. The van der Waals surface area contributed by atoms with Gasteiger partial charge in [-0.05, 0) is 55.7 Å². The van der Waals surface area contributed by atoms with Crippen molar-refractivity contribution in [3.05, 3.63) is 60.2 Å².